The maximum absolute atomic E-state index is 15.2. The molecule has 0 atom stereocenters. The fourth-order valence-electron chi connectivity index (χ4n) is 7.51. The van der Waals surface area contributed by atoms with Crippen LogP contribution in [0.15, 0.2) is 156 Å². The summed E-state index contributed by atoms with van der Waals surface area (Å²) in [7, 11) is -3.08. The van der Waals surface area contributed by atoms with Gasteiger partial charge in [0.2, 0.25) is 0 Å². The van der Waals surface area contributed by atoms with Crippen molar-refractivity contribution in [3.8, 4) is 22.3 Å². The van der Waals surface area contributed by atoms with E-state index in [0.717, 1.165) is 48.8 Å². The standard InChI is InChI=1S/C43H31O2P/c1-43(2)39-26-30(29-19-24-41-38(25-29)37-22-17-28-11-9-10-16-34(28)42(37)45-41)18-21-35(39)36-23-20-33(27-40(36)43)46(44,31-12-5-3-6-13-31)32-14-7-4-8-15-32/h3-27H,1-2H3. The van der Waals surface area contributed by atoms with Crippen LogP contribution in [-0.2, 0) is 9.98 Å². The molecule has 1 aliphatic rings. The van der Waals surface area contributed by atoms with E-state index in [1.165, 1.54) is 33.2 Å². The van der Waals surface area contributed by atoms with Crippen LogP contribution in [0.1, 0.15) is 25.0 Å². The van der Waals surface area contributed by atoms with Crippen LogP contribution in [-0.4, -0.2) is 0 Å². The topological polar surface area (TPSA) is 30.2 Å². The quantitative estimate of drug-likeness (QED) is 0.186. The van der Waals surface area contributed by atoms with Gasteiger partial charge in [-0.15, -0.1) is 0 Å². The molecule has 1 aliphatic carbocycles. The first kappa shape index (κ1) is 27.2. The summed E-state index contributed by atoms with van der Waals surface area (Å²) in [5.74, 6) is 0. The largest absolute Gasteiger partial charge is 0.455 e. The number of hydrogen-bond donors (Lipinski definition) is 0. The number of benzene rings is 7. The maximum atomic E-state index is 15.2. The Labute approximate surface area is 268 Å². The Bertz CT molecular complexity index is 2480. The van der Waals surface area contributed by atoms with Crippen molar-refractivity contribution >= 4 is 55.8 Å². The van der Waals surface area contributed by atoms with E-state index in [2.05, 4.69) is 105 Å². The molecule has 0 N–H and O–H groups in total. The highest BCUT2D eigenvalue weighted by atomic mass is 31.2. The first-order valence-electron chi connectivity index (χ1n) is 15.8. The van der Waals surface area contributed by atoms with Crippen LogP contribution in [0, 0.1) is 0 Å². The molecule has 0 unspecified atom stereocenters. The van der Waals surface area contributed by atoms with Crippen LogP contribution in [0.25, 0.3) is 55.0 Å². The molecule has 1 heterocycles. The molecular formula is C43H31O2P. The molecule has 0 aliphatic heterocycles. The summed E-state index contributed by atoms with van der Waals surface area (Å²) in [6.45, 7) is 4.58. The van der Waals surface area contributed by atoms with Crippen LogP contribution in [0.5, 0.6) is 0 Å². The van der Waals surface area contributed by atoms with Crippen molar-refractivity contribution in [2.75, 3.05) is 0 Å². The lowest BCUT2D eigenvalue weighted by Crippen LogP contribution is -2.26. The molecule has 0 amide bonds. The Morgan fingerprint density at radius 1 is 0.500 bits per heavy atom. The van der Waals surface area contributed by atoms with Gasteiger partial charge in [-0.3, -0.25) is 0 Å². The van der Waals surface area contributed by atoms with E-state index in [4.69, 9.17) is 4.42 Å². The summed E-state index contributed by atoms with van der Waals surface area (Å²) < 4.78 is 21.6. The Balaban J connectivity index is 1.16. The monoisotopic (exact) mass is 610 g/mol. The van der Waals surface area contributed by atoms with Crippen LogP contribution < -0.4 is 15.9 Å². The molecule has 1 aromatic heterocycles. The number of hydrogen-bond acceptors (Lipinski definition) is 2. The lowest BCUT2D eigenvalue weighted by atomic mass is 9.81. The highest BCUT2D eigenvalue weighted by Gasteiger charge is 2.38. The lowest BCUT2D eigenvalue weighted by molar-refractivity contribution is 0.592. The van der Waals surface area contributed by atoms with E-state index < -0.39 is 7.14 Å². The predicted molar refractivity (Wildman–Crippen MR) is 194 cm³/mol. The molecule has 220 valence electrons. The lowest BCUT2D eigenvalue weighted by Gasteiger charge is -2.25. The minimum absolute atomic E-state index is 0.264. The molecule has 0 saturated heterocycles. The van der Waals surface area contributed by atoms with Crippen molar-refractivity contribution < 1.29 is 8.98 Å². The Kier molecular flexibility index (Phi) is 5.85. The van der Waals surface area contributed by atoms with Gasteiger partial charge < -0.3 is 8.98 Å². The van der Waals surface area contributed by atoms with Gasteiger partial charge in [-0.1, -0.05) is 135 Å². The molecule has 3 heteroatoms. The van der Waals surface area contributed by atoms with Crippen LogP contribution in [0.4, 0.5) is 0 Å². The van der Waals surface area contributed by atoms with Gasteiger partial charge in [-0.25, -0.2) is 0 Å². The maximum Gasteiger partial charge on any atom is 0.171 e. The molecule has 0 radical (unpaired) electrons. The summed E-state index contributed by atoms with van der Waals surface area (Å²) in [6, 6.07) is 52.4. The predicted octanol–water partition coefficient (Wildman–Crippen LogP) is 10.4. The molecule has 2 nitrogen and oxygen atoms in total. The van der Waals surface area contributed by atoms with Gasteiger partial charge in [-0.2, -0.15) is 0 Å². The van der Waals surface area contributed by atoms with Crippen LogP contribution in [0.3, 0.4) is 0 Å². The SMILES string of the molecule is CC1(C)c2cc(-c3ccc4oc5c6ccccc6ccc5c4c3)ccc2-c2ccc(P(=O)(c3ccccc3)c3ccccc3)cc21. The van der Waals surface area contributed by atoms with Gasteiger partial charge >= 0.3 is 0 Å². The van der Waals surface area contributed by atoms with Gasteiger partial charge in [0.25, 0.3) is 0 Å². The smallest absolute Gasteiger partial charge is 0.171 e. The van der Waals surface area contributed by atoms with E-state index in [1.807, 2.05) is 60.7 Å². The first-order valence-corrected chi connectivity index (χ1v) is 17.5. The minimum Gasteiger partial charge on any atom is -0.455 e. The van der Waals surface area contributed by atoms with Gasteiger partial charge in [0.1, 0.15) is 11.2 Å². The van der Waals surface area contributed by atoms with E-state index in [1.54, 1.807) is 0 Å². The number of furan rings is 1. The zero-order valence-electron chi connectivity index (χ0n) is 25.7. The van der Waals surface area contributed by atoms with Gasteiger partial charge in [0.15, 0.2) is 7.14 Å². The summed E-state index contributed by atoms with van der Waals surface area (Å²) in [6.07, 6.45) is 0. The third kappa shape index (κ3) is 3.87. The van der Waals surface area contributed by atoms with Crippen LogP contribution in [0.2, 0.25) is 0 Å². The van der Waals surface area contributed by atoms with E-state index in [9.17, 15) is 0 Å². The zero-order chi connectivity index (χ0) is 31.0. The molecule has 8 aromatic rings. The Hall–Kier alpha value is -5.17. The van der Waals surface area contributed by atoms with Crippen LogP contribution >= 0.6 is 7.14 Å². The van der Waals surface area contributed by atoms with Crippen molar-refractivity contribution in [1.29, 1.82) is 0 Å². The van der Waals surface area contributed by atoms with Crippen molar-refractivity contribution in [2.45, 2.75) is 19.3 Å². The van der Waals surface area contributed by atoms with Gasteiger partial charge in [-0.05, 0) is 69.1 Å². The third-order valence-corrected chi connectivity index (χ3v) is 13.0. The minimum atomic E-state index is -3.08. The third-order valence-electron chi connectivity index (χ3n) is 9.96. The summed E-state index contributed by atoms with van der Waals surface area (Å²) >= 11 is 0. The molecule has 0 saturated carbocycles. The second-order valence-corrected chi connectivity index (χ2v) is 15.6. The van der Waals surface area contributed by atoms with Gasteiger partial charge in [0, 0.05) is 37.5 Å². The molecule has 9 rings (SSSR count). The summed E-state index contributed by atoms with van der Waals surface area (Å²) in [5.41, 5.74) is 8.87. The highest BCUT2D eigenvalue weighted by molar-refractivity contribution is 7.85. The Morgan fingerprint density at radius 2 is 1.11 bits per heavy atom. The van der Waals surface area contributed by atoms with E-state index >= 15 is 4.57 Å². The molecular weight excluding hydrogens is 579 g/mol. The molecule has 7 aromatic carbocycles. The van der Waals surface area contributed by atoms with Gasteiger partial charge in [0.05, 0.1) is 0 Å². The Morgan fingerprint density at radius 3 is 1.85 bits per heavy atom. The molecule has 46 heavy (non-hydrogen) atoms. The highest BCUT2D eigenvalue weighted by Crippen LogP contribution is 2.52. The first-order chi connectivity index (χ1) is 22.4. The number of fused-ring (bicyclic) bond motifs is 8. The normalized spacial score (nSPS) is 13.7. The average molecular weight is 611 g/mol. The van der Waals surface area contributed by atoms with E-state index in [-0.39, 0.29) is 5.41 Å². The van der Waals surface area contributed by atoms with Crippen molar-refractivity contribution in [2.24, 2.45) is 0 Å². The van der Waals surface area contributed by atoms with Crippen molar-refractivity contribution in [1.82, 2.24) is 0 Å². The second kappa shape index (κ2) is 9.91. The fourth-order valence-corrected chi connectivity index (χ4v) is 10.2. The fraction of sp³-hybridized carbons (Fsp3) is 0.0698. The van der Waals surface area contributed by atoms with Crippen molar-refractivity contribution in [3.05, 3.63) is 163 Å². The number of rotatable bonds is 4. The summed E-state index contributed by atoms with van der Waals surface area (Å²) in [5, 5.41) is 7.16. The summed E-state index contributed by atoms with van der Waals surface area (Å²) in [4.78, 5) is 0. The zero-order valence-corrected chi connectivity index (χ0v) is 26.6. The van der Waals surface area contributed by atoms with E-state index in [0.29, 0.717) is 0 Å². The second-order valence-electron chi connectivity index (χ2n) is 12.9. The molecule has 0 spiro atoms. The van der Waals surface area contributed by atoms with Crippen molar-refractivity contribution in [3.63, 3.8) is 0 Å². The molecule has 0 fully saturated rings. The molecule has 0 bridgehead atoms. The average Bonchev–Trinajstić information content (AvgIpc) is 3.60.